The number of hydrogen-bond acceptors (Lipinski definition) is 3. The number of imide groups is 2. The number of halogens is 1. The average molecular weight is 250 g/mol. The largest absolute Gasteiger partial charge is 0.328 e. The molecule has 6 heteroatoms. The van der Waals surface area contributed by atoms with Crippen molar-refractivity contribution in [3.05, 3.63) is 35.6 Å². The molecule has 0 unspecified atom stereocenters. The lowest BCUT2D eigenvalue weighted by Gasteiger charge is -2.33. The van der Waals surface area contributed by atoms with Gasteiger partial charge in [0.05, 0.1) is 0 Å². The summed E-state index contributed by atoms with van der Waals surface area (Å²) < 4.78 is 13.2. The van der Waals surface area contributed by atoms with Crippen LogP contribution in [0.4, 0.5) is 9.18 Å². The van der Waals surface area contributed by atoms with E-state index in [9.17, 15) is 18.8 Å². The topological polar surface area (TPSA) is 75.3 Å². The van der Waals surface area contributed by atoms with Crippen molar-refractivity contribution in [2.75, 3.05) is 0 Å². The van der Waals surface area contributed by atoms with E-state index in [2.05, 4.69) is 0 Å². The summed E-state index contributed by atoms with van der Waals surface area (Å²) in [5, 5.41) is 4.07. The second-order valence-corrected chi connectivity index (χ2v) is 4.01. The minimum atomic E-state index is -1.56. The summed E-state index contributed by atoms with van der Waals surface area (Å²) in [6.07, 6.45) is 0.126. The van der Waals surface area contributed by atoms with Crippen LogP contribution in [-0.4, -0.2) is 17.8 Å². The van der Waals surface area contributed by atoms with Gasteiger partial charge in [0.25, 0.3) is 0 Å². The molecule has 1 aliphatic rings. The van der Waals surface area contributed by atoms with Crippen LogP contribution in [0.5, 0.6) is 0 Å². The maximum atomic E-state index is 13.2. The number of urea groups is 1. The van der Waals surface area contributed by atoms with Crippen molar-refractivity contribution >= 4 is 17.8 Å². The molecule has 0 saturated carbocycles. The Kier molecular flexibility index (Phi) is 2.86. The van der Waals surface area contributed by atoms with E-state index in [4.69, 9.17) is 0 Å². The molecule has 1 saturated heterocycles. The van der Waals surface area contributed by atoms with Gasteiger partial charge in [-0.2, -0.15) is 0 Å². The standard InChI is InChI=1S/C12H11FN2O3/c1-2-12(7-4-3-5-8(13)6-7)9(16)14-11(18)15-10(12)17/h3-6H,2H2,1H3,(H2,14,15,16,17,18). The van der Waals surface area contributed by atoms with E-state index in [0.717, 1.165) is 6.07 Å². The molecular weight excluding hydrogens is 239 g/mol. The molecule has 18 heavy (non-hydrogen) atoms. The Balaban J connectivity index is 2.57. The molecular formula is C12H11FN2O3. The van der Waals surface area contributed by atoms with Gasteiger partial charge in [0.1, 0.15) is 5.82 Å². The van der Waals surface area contributed by atoms with Gasteiger partial charge in [-0.05, 0) is 24.1 Å². The first-order valence-corrected chi connectivity index (χ1v) is 5.43. The number of benzene rings is 1. The number of barbiturate groups is 1. The predicted molar refractivity (Wildman–Crippen MR) is 60.1 cm³/mol. The van der Waals surface area contributed by atoms with Crippen molar-refractivity contribution in [2.45, 2.75) is 18.8 Å². The highest BCUT2D eigenvalue weighted by Crippen LogP contribution is 2.30. The van der Waals surface area contributed by atoms with Crippen LogP contribution < -0.4 is 10.6 Å². The maximum absolute atomic E-state index is 13.2. The third kappa shape index (κ3) is 1.66. The zero-order valence-corrected chi connectivity index (χ0v) is 9.62. The summed E-state index contributed by atoms with van der Waals surface area (Å²) in [5.41, 5.74) is -1.33. The van der Waals surface area contributed by atoms with Gasteiger partial charge in [0, 0.05) is 0 Å². The predicted octanol–water partition coefficient (Wildman–Crippen LogP) is 0.839. The van der Waals surface area contributed by atoms with Crippen LogP contribution in [0.1, 0.15) is 18.9 Å². The Hall–Kier alpha value is -2.24. The first-order valence-electron chi connectivity index (χ1n) is 5.43. The number of carbonyl (C=O) groups is 3. The van der Waals surface area contributed by atoms with E-state index in [1.54, 1.807) is 6.92 Å². The summed E-state index contributed by atoms with van der Waals surface area (Å²) in [6.45, 7) is 1.62. The van der Waals surface area contributed by atoms with Crippen LogP contribution in [0.15, 0.2) is 24.3 Å². The summed E-state index contributed by atoms with van der Waals surface area (Å²) in [6, 6.07) is 4.39. The highest BCUT2D eigenvalue weighted by atomic mass is 19.1. The van der Waals surface area contributed by atoms with Crippen molar-refractivity contribution in [1.82, 2.24) is 10.6 Å². The molecule has 0 aromatic heterocycles. The third-order valence-corrected chi connectivity index (χ3v) is 3.08. The molecule has 0 spiro atoms. The molecule has 5 nitrogen and oxygen atoms in total. The Bertz CT molecular complexity index is 522. The number of rotatable bonds is 2. The lowest BCUT2D eigenvalue weighted by Crippen LogP contribution is -2.64. The molecule has 0 atom stereocenters. The van der Waals surface area contributed by atoms with Gasteiger partial charge >= 0.3 is 6.03 Å². The van der Waals surface area contributed by atoms with Crippen LogP contribution in [-0.2, 0) is 15.0 Å². The quantitative estimate of drug-likeness (QED) is 0.764. The number of amides is 4. The fourth-order valence-corrected chi connectivity index (χ4v) is 2.10. The molecule has 1 heterocycles. The van der Waals surface area contributed by atoms with E-state index in [1.165, 1.54) is 18.2 Å². The number of carbonyl (C=O) groups excluding carboxylic acids is 3. The Morgan fingerprint density at radius 2 is 1.78 bits per heavy atom. The SMILES string of the molecule is CCC1(c2cccc(F)c2)C(=O)NC(=O)NC1=O. The maximum Gasteiger partial charge on any atom is 0.328 e. The van der Waals surface area contributed by atoms with E-state index in [0.29, 0.717) is 0 Å². The minimum absolute atomic E-state index is 0.126. The normalized spacial score (nSPS) is 18.2. The Morgan fingerprint density at radius 1 is 1.17 bits per heavy atom. The molecule has 2 rings (SSSR count). The monoisotopic (exact) mass is 250 g/mol. The van der Waals surface area contributed by atoms with Crippen molar-refractivity contribution < 1.29 is 18.8 Å². The van der Waals surface area contributed by atoms with E-state index in [-0.39, 0.29) is 12.0 Å². The fourth-order valence-electron chi connectivity index (χ4n) is 2.10. The van der Waals surface area contributed by atoms with Crippen LogP contribution in [0, 0.1) is 5.82 Å². The third-order valence-electron chi connectivity index (χ3n) is 3.08. The van der Waals surface area contributed by atoms with Gasteiger partial charge in [0.15, 0.2) is 5.41 Å². The van der Waals surface area contributed by atoms with E-state index < -0.39 is 29.1 Å². The fraction of sp³-hybridized carbons (Fsp3) is 0.250. The van der Waals surface area contributed by atoms with Gasteiger partial charge < -0.3 is 0 Å². The number of hydrogen-bond donors (Lipinski definition) is 2. The smallest absolute Gasteiger partial charge is 0.277 e. The van der Waals surface area contributed by atoms with Gasteiger partial charge in [-0.1, -0.05) is 19.1 Å². The van der Waals surface area contributed by atoms with Crippen LogP contribution in [0.25, 0.3) is 0 Å². The molecule has 0 radical (unpaired) electrons. The van der Waals surface area contributed by atoms with Gasteiger partial charge in [0.2, 0.25) is 11.8 Å². The Labute approximate surface area is 102 Å². The van der Waals surface area contributed by atoms with Gasteiger partial charge in [-0.25, -0.2) is 9.18 Å². The summed E-state index contributed by atoms with van der Waals surface area (Å²) in [4.78, 5) is 35.0. The minimum Gasteiger partial charge on any atom is -0.277 e. The molecule has 4 amide bonds. The van der Waals surface area contributed by atoms with E-state index in [1.807, 2.05) is 10.6 Å². The van der Waals surface area contributed by atoms with Gasteiger partial charge in [-0.3, -0.25) is 20.2 Å². The van der Waals surface area contributed by atoms with Crippen LogP contribution in [0.3, 0.4) is 0 Å². The molecule has 94 valence electrons. The second-order valence-electron chi connectivity index (χ2n) is 4.01. The van der Waals surface area contributed by atoms with Crippen LogP contribution >= 0.6 is 0 Å². The van der Waals surface area contributed by atoms with Crippen molar-refractivity contribution in [2.24, 2.45) is 0 Å². The average Bonchev–Trinajstić information content (AvgIpc) is 2.29. The molecule has 2 N–H and O–H groups in total. The second kappa shape index (κ2) is 4.21. The van der Waals surface area contributed by atoms with Crippen molar-refractivity contribution in [1.29, 1.82) is 0 Å². The molecule has 1 aromatic rings. The van der Waals surface area contributed by atoms with Gasteiger partial charge in [-0.15, -0.1) is 0 Å². The zero-order chi connectivity index (χ0) is 13.3. The first kappa shape index (κ1) is 12.2. The summed E-state index contributed by atoms with van der Waals surface area (Å²) in [5.74, 6) is -2.01. The lowest BCUT2D eigenvalue weighted by atomic mass is 9.75. The summed E-state index contributed by atoms with van der Waals surface area (Å²) in [7, 11) is 0. The highest BCUT2D eigenvalue weighted by molar-refractivity contribution is 6.22. The van der Waals surface area contributed by atoms with E-state index >= 15 is 0 Å². The summed E-state index contributed by atoms with van der Waals surface area (Å²) >= 11 is 0. The zero-order valence-electron chi connectivity index (χ0n) is 9.62. The molecule has 1 fully saturated rings. The first-order chi connectivity index (χ1) is 8.50. The Morgan fingerprint density at radius 3 is 2.28 bits per heavy atom. The van der Waals surface area contributed by atoms with Crippen molar-refractivity contribution in [3.8, 4) is 0 Å². The molecule has 1 aromatic carbocycles. The molecule has 0 bridgehead atoms. The number of nitrogens with one attached hydrogen (secondary N) is 2. The highest BCUT2D eigenvalue weighted by Gasteiger charge is 2.50. The lowest BCUT2D eigenvalue weighted by molar-refractivity contribution is -0.138. The van der Waals surface area contributed by atoms with Crippen LogP contribution in [0.2, 0.25) is 0 Å². The van der Waals surface area contributed by atoms with Crippen molar-refractivity contribution in [3.63, 3.8) is 0 Å². The molecule has 1 aliphatic heterocycles. The molecule has 0 aliphatic carbocycles.